The number of halogens is 4. The molecule has 10 heteroatoms. The van der Waals surface area contributed by atoms with Crippen LogP contribution in [0.25, 0.3) is 0 Å². The van der Waals surface area contributed by atoms with Gasteiger partial charge in [0.2, 0.25) is 5.88 Å². The molecule has 3 rings (SSSR count). The highest BCUT2D eigenvalue weighted by Crippen LogP contribution is 2.34. The summed E-state index contributed by atoms with van der Waals surface area (Å²) in [4.78, 5) is 8.41. The summed E-state index contributed by atoms with van der Waals surface area (Å²) in [6, 6.07) is 3.34. The van der Waals surface area contributed by atoms with Crippen LogP contribution in [0.2, 0.25) is 0 Å². The maximum atomic E-state index is 12.1. The van der Waals surface area contributed by atoms with E-state index in [-0.39, 0.29) is 42.0 Å². The second-order valence-electron chi connectivity index (χ2n) is 6.46. The molecule has 1 aromatic heterocycles. The van der Waals surface area contributed by atoms with Gasteiger partial charge in [-0.05, 0) is 31.7 Å². The summed E-state index contributed by atoms with van der Waals surface area (Å²) in [5.74, 6) is 0.644. The van der Waals surface area contributed by atoms with Crippen LogP contribution >= 0.6 is 24.0 Å². The van der Waals surface area contributed by atoms with Crippen LogP contribution in [0.1, 0.15) is 31.7 Å². The smallest absolute Gasteiger partial charge is 0.422 e. The first-order valence-electron chi connectivity index (χ1n) is 8.77. The van der Waals surface area contributed by atoms with Crippen LogP contribution in [-0.2, 0) is 11.3 Å². The molecule has 2 aliphatic rings. The third kappa shape index (κ3) is 6.66. The van der Waals surface area contributed by atoms with Crippen molar-refractivity contribution >= 4 is 29.9 Å². The average molecular weight is 500 g/mol. The monoisotopic (exact) mass is 500 g/mol. The zero-order valence-corrected chi connectivity index (χ0v) is 17.3. The topological polar surface area (TPSA) is 67.8 Å². The van der Waals surface area contributed by atoms with E-state index in [1.54, 1.807) is 6.07 Å². The van der Waals surface area contributed by atoms with Gasteiger partial charge in [0.05, 0.1) is 24.8 Å². The Labute approximate surface area is 173 Å². The number of guanidine groups is 1. The normalized spacial score (nSPS) is 24.4. The number of ether oxygens (including phenoxy) is 2. The van der Waals surface area contributed by atoms with Crippen molar-refractivity contribution in [3.8, 4) is 5.88 Å². The molecule has 27 heavy (non-hydrogen) atoms. The minimum atomic E-state index is -4.37. The third-order valence-electron chi connectivity index (χ3n) is 4.37. The average Bonchev–Trinajstić information content (AvgIpc) is 3.21. The van der Waals surface area contributed by atoms with Gasteiger partial charge >= 0.3 is 6.18 Å². The molecule has 1 aromatic rings. The zero-order chi connectivity index (χ0) is 18.6. The van der Waals surface area contributed by atoms with Crippen LogP contribution in [0.4, 0.5) is 13.2 Å². The van der Waals surface area contributed by atoms with Gasteiger partial charge in [-0.25, -0.2) is 9.98 Å². The van der Waals surface area contributed by atoms with Gasteiger partial charge in [-0.3, -0.25) is 0 Å². The Hall–Kier alpha value is -1.30. The largest absolute Gasteiger partial charge is 0.468 e. The Balaban J connectivity index is 0.00000261. The molecule has 2 bridgehead atoms. The number of rotatable bonds is 6. The van der Waals surface area contributed by atoms with Crippen molar-refractivity contribution in [1.82, 2.24) is 15.6 Å². The second-order valence-corrected chi connectivity index (χ2v) is 6.46. The van der Waals surface area contributed by atoms with E-state index >= 15 is 0 Å². The van der Waals surface area contributed by atoms with E-state index in [0.29, 0.717) is 18.6 Å². The van der Waals surface area contributed by atoms with Gasteiger partial charge in [0.25, 0.3) is 0 Å². The van der Waals surface area contributed by atoms with Crippen molar-refractivity contribution in [3.63, 3.8) is 0 Å². The van der Waals surface area contributed by atoms with E-state index in [4.69, 9.17) is 4.74 Å². The van der Waals surface area contributed by atoms with Crippen molar-refractivity contribution in [2.24, 2.45) is 4.99 Å². The molecule has 0 aliphatic carbocycles. The Bertz CT molecular complexity index is 628. The molecule has 2 N–H and O–H groups in total. The number of aromatic nitrogens is 1. The number of hydrogen-bond acceptors (Lipinski definition) is 4. The molecule has 6 nitrogen and oxygen atoms in total. The van der Waals surface area contributed by atoms with Gasteiger partial charge in [0.1, 0.15) is 0 Å². The maximum Gasteiger partial charge on any atom is 0.422 e. The van der Waals surface area contributed by atoms with Crippen molar-refractivity contribution in [2.75, 3.05) is 13.2 Å². The summed E-state index contributed by atoms with van der Waals surface area (Å²) in [5, 5.41) is 6.61. The van der Waals surface area contributed by atoms with Gasteiger partial charge in [0, 0.05) is 18.8 Å². The summed E-state index contributed by atoms with van der Waals surface area (Å²) in [7, 11) is 0. The first kappa shape index (κ1) is 22.0. The first-order valence-corrected chi connectivity index (χ1v) is 8.77. The van der Waals surface area contributed by atoms with Crippen LogP contribution in [-0.4, -0.2) is 48.5 Å². The molecular formula is C17H24F3IN4O2. The molecule has 3 atom stereocenters. The van der Waals surface area contributed by atoms with Gasteiger partial charge in [0.15, 0.2) is 12.6 Å². The predicted molar refractivity (Wildman–Crippen MR) is 105 cm³/mol. The Morgan fingerprint density at radius 1 is 1.37 bits per heavy atom. The van der Waals surface area contributed by atoms with Crippen LogP contribution in [0, 0.1) is 0 Å². The highest BCUT2D eigenvalue weighted by Gasteiger charge is 2.41. The van der Waals surface area contributed by atoms with E-state index in [1.807, 2.05) is 6.92 Å². The molecule has 2 aliphatic heterocycles. The fourth-order valence-corrected chi connectivity index (χ4v) is 3.20. The fourth-order valence-electron chi connectivity index (χ4n) is 3.20. The summed E-state index contributed by atoms with van der Waals surface area (Å²) in [6.45, 7) is 1.74. The molecule has 152 valence electrons. The number of hydrogen-bond donors (Lipinski definition) is 2. The molecular weight excluding hydrogens is 476 g/mol. The maximum absolute atomic E-state index is 12.1. The highest BCUT2D eigenvalue weighted by molar-refractivity contribution is 14.0. The van der Waals surface area contributed by atoms with Gasteiger partial charge < -0.3 is 20.1 Å². The Morgan fingerprint density at radius 3 is 2.74 bits per heavy atom. The van der Waals surface area contributed by atoms with Gasteiger partial charge in [-0.2, -0.15) is 13.2 Å². The van der Waals surface area contributed by atoms with Crippen LogP contribution in [0.5, 0.6) is 5.88 Å². The van der Waals surface area contributed by atoms with Crippen LogP contribution in [0.15, 0.2) is 23.3 Å². The van der Waals surface area contributed by atoms with E-state index < -0.39 is 12.8 Å². The zero-order valence-electron chi connectivity index (χ0n) is 15.0. The molecule has 0 amide bonds. The Kier molecular flexibility index (Phi) is 7.95. The first-order chi connectivity index (χ1) is 12.4. The number of aliphatic imine (C=N–C) groups is 1. The number of nitrogens with zero attached hydrogens (tertiary/aromatic N) is 2. The predicted octanol–water partition coefficient (Wildman–Crippen LogP) is 3.02. The molecule has 0 saturated carbocycles. The number of pyridine rings is 1. The Morgan fingerprint density at radius 2 is 2.19 bits per heavy atom. The number of nitrogens with one attached hydrogen (secondary N) is 2. The van der Waals surface area contributed by atoms with Crippen molar-refractivity contribution in [3.05, 3.63) is 23.9 Å². The van der Waals surface area contributed by atoms with E-state index in [0.717, 1.165) is 31.4 Å². The van der Waals surface area contributed by atoms with E-state index in [1.165, 1.54) is 12.3 Å². The lowest BCUT2D eigenvalue weighted by Gasteiger charge is -2.22. The van der Waals surface area contributed by atoms with Gasteiger partial charge in [-0.15, -0.1) is 24.0 Å². The molecule has 0 aromatic carbocycles. The minimum Gasteiger partial charge on any atom is -0.468 e. The molecule has 0 radical (unpaired) electrons. The SMILES string of the molecule is CCNC(=NCc1ccc(OCC(F)(F)F)nc1)NC1CC2CCC1O2.I. The van der Waals surface area contributed by atoms with Crippen LogP contribution in [0.3, 0.4) is 0 Å². The molecule has 2 fully saturated rings. The highest BCUT2D eigenvalue weighted by atomic mass is 127. The molecule has 0 spiro atoms. The standard InChI is InChI=1S/C17H23F3N4O2.HI/c1-2-21-16(24-13-7-12-4-5-14(13)26-12)23-9-11-3-6-15(22-8-11)25-10-17(18,19)20;/h3,6,8,12-14H,2,4-5,7,9-10H2,1H3,(H2,21,23,24);1H. The lowest BCUT2D eigenvalue weighted by Crippen LogP contribution is -2.47. The summed E-state index contributed by atoms with van der Waals surface area (Å²) in [6.07, 6.45) is 0.891. The lowest BCUT2D eigenvalue weighted by atomic mass is 9.96. The van der Waals surface area contributed by atoms with Crippen LogP contribution < -0.4 is 15.4 Å². The van der Waals surface area contributed by atoms with Crippen molar-refractivity contribution in [2.45, 2.75) is 57.2 Å². The summed E-state index contributed by atoms with van der Waals surface area (Å²) >= 11 is 0. The quantitative estimate of drug-likeness (QED) is 0.357. The third-order valence-corrected chi connectivity index (χ3v) is 4.37. The molecule has 2 saturated heterocycles. The molecule has 3 unspecified atom stereocenters. The van der Waals surface area contributed by atoms with Crippen molar-refractivity contribution in [1.29, 1.82) is 0 Å². The van der Waals surface area contributed by atoms with E-state index in [2.05, 4.69) is 25.3 Å². The minimum absolute atomic E-state index is 0. The number of fused-ring (bicyclic) bond motifs is 2. The second kappa shape index (κ2) is 9.76. The van der Waals surface area contributed by atoms with E-state index in [9.17, 15) is 13.2 Å². The molecule has 3 heterocycles. The number of alkyl halides is 3. The lowest BCUT2D eigenvalue weighted by molar-refractivity contribution is -0.154. The fraction of sp³-hybridized carbons (Fsp3) is 0.647. The van der Waals surface area contributed by atoms with Crippen molar-refractivity contribution < 1.29 is 22.6 Å². The summed E-state index contributed by atoms with van der Waals surface area (Å²) < 4.78 is 46.8. The van der Waals surface area contributed by atoms with Gasteiger partial charge in [-0.1, -0.05) is 6.07 Å². The summed E-state index contributed by atoms with van der Waals surface area (Å²) in [5.41, 5.74) is 0.783.